The summed E-state index contributed by atoms with van der Waals surface area (Å²) in [5.41, 5.74) is 2.20. The van der Waals surface area contributed by atoms with E-state index in [2.05, 4.69) is 5.32 Å². The summed E-state index contributed by atoms with van der Waals surface area (Å²) in [6.07, 6.45) is 0.0995. The van der Waals surface area contributed by atoms with Gasteiger partial charge in [0.15, 0.2) is 0 Å². The molecule has 2 aromatic rings. The number of carboxylic acids is 1. The minimum atomic E-state index is -1.10. The lowest BCUT2D eigenvalue weighted by atomic mass is 9.89. The Kier molecular flexibility index (Phi) is 5.12. The zero-order chi connectivity index (χ0) is 19.6. The second kappa shape index (κ2) is 7.49. The minimum absolute atomic E-state index is 0.0315. The highest BCUT2D eigenvalue weighted by molar-refractivity contribution is 6.02. The first-order valence-corrected chi connectivity index (χ1v) is 8.45. The average molecular weight is 368 g/mol. The van der Waals surface area contributed by atoms with Crippen molar-refractivity contribution in [3.63, 3.8) is 0 Å². The van der Waals surface area contributed by atoms with Crippen molar-refractivity contribution in [2.24, 2.45) is 0 Å². The molecule has 1 aliphatic rings. The number of hydrogen-bond donors (Lipinski definition) is 2. The van der Waals surface area contributed by atoms with E-state index < -0.39 is 11.9 Å². The molecule has 7 nitrogen and oxygen atoms in total. The number of rotatable bonds is 5. The van der Waals surface area contributed by atoms with Crippen LogP contribution in [0.1, 0.15) is 33.8 Å². The van der Waals surface area contributed by atoms with Gasteiger partial charge in [-0.1, -0.05) is 24.3 Å². The van der Waals surface area contributed by atoms with Gasteiger partial charge in [0.25, 0.3) is 0 Å². The quantitative estimate of drug-likeness (QED) is 0.843. The number of carbonyl (C=O) groups is 3. The van der Waals surface area contributed by atoms with Gasteiger partial charge >= 0.3 is 5.97 Å². The molecule has 3 rings (SSSR count). The summed E-state index contributed by atoms with van der Waals surface area (Å²) in [6, 6.07) is 12.0. The smallest absolute Gasteiger partial charge is 0.339 e. The van der Waals surface area contributed by atoms with Crippen LogP contribution in [0.25, 0.3) is 0 Å². The third kappa shape index (κ3) is 3.62. The van der Waals surface area contributed by atoms with Crippen molar-refractivity contribution in [3.05, 3.63) is 59.2 Å². The maximum Gasteiger partial charge on any atom is 0.339 e. The number of amides is 2. The van der Waals surface area contributed by atoms with Crippen molar-refractivity contribution < 1.29 is 24.2 Å². The Morgan fingerprint density at radius 2 is 2.00 bits per heavy atom. The number of hydrogen-bond acceptors (Lipinski definition) is 4. The molecular formula is C20H20N2O5. The lowest BCUT2D eigenvalue weighted by Crippen LogP contribution is -2.39. The number of ether oxygens (including phenoxy) is 1. The first-order chi connectivity index (χ1) is 12.9. The highest BCUT2D eigenvalue weighted by atomic mass is 16.5. The van der Waals surface area contributed by atoms with Gasteiger partial charge < -0.3 is 20.1 Å². The molecule has 27 heavy (non-hydrogen) atoms. The van der Waals surface area contributed by atoms with Gasteiger partial charge in [0.1, 0.15) is 11.3 Å². The number of nitrogens with zero attached hydrogens (tertiary/aromatic N) is 1. The molecule has 0 saturated carbocycles. The molecule has 1 heterocycles. The molecule has 7 heteroatoms. The number of aromatic carboxylic acids is 1. The third-order valence-electron chi connectivity index (χ3n) is 4.70. The number of methoxy groups -OCH3 is 1. The number of carbonyl (C=O) groups excluding carboxylic acids is 2. The van der Waals surface area contributed by atoms with Crippen molar-refractivity contribution in [1.82, 2.24) is 5.32 Å². The van der Waals surface area contributed by atoms with E-state index >= 15 is 0 Å². The van der Waals surface area contributed by atoms with Gasteiger partial charge in [-0.05, 0) is 29.3 Å². The molecule has 2 aromatic carbocycles. The van der Waals surface area contributed by atoms with Crippen LogP contribution in [0.15, 0.2) is 42.5 Å². The fourth-order valence-electron chi connectivity index (χ4n) is 3.22. The lowest BCUT2D eigenvalue weighted by Gasteiger charge is -2.30. The summed E-state index contributed by atoms with van der Waals surface area (Å²) in [6.45, 7) is 0.159. The topological polar surface area (TPSA) is 95.9 Å². The molecule has 0 saturated heterocycles. The SMILES string of the molecule is COc1ccc(CNC(=O)[C@H]2CC(=O)N(C)c3ccccc32)cc1C(=O)O. The standard InChI is InChI=1S/C20H20N2O5/c1-22-16-6-4-3-5-13(16)14(10-18(22)23)19(24)21-11-12-7-8-17(27-2)15(9-12)20(25)26/h3-9,14H,10-11H2,1-2H3,(H,21,24)(H,25,26)/t14-/m0/s1. The fraction of sp³-hybridized carbons (Fsp3) is 0.250. The molecule has 2 amide bonds. The maximum atomic E-state index is 12.7. The van der Waals surface area contributed by atoms with Crippen LogP contribution in [0, 0.1) is 0 Å². The van der Waals surface area contributed by atoms with Gasteiger partial charge in [-0.25, -0.2) is 4.79 Å². The van der Waals surface area contributed by atoms with E-state index in [9.17, 15) is 19.5 Å². The third-order valence-corrected chi connectivity index (χ3v) is 4.70. The summed E-state index contributed by atoms with van der Waals surface area (Å²) in [4.78, 5) is 37.8. The van der Waals surface area contributed by atoms with Gasteiger partial charge in [-0.15, -0.1) is 0 Å². The second-order valence-corrected chi connectivity index (χ2v) is 6.33. The first kappa shape index (κ1) is 18.4. The Balaban J connectivity index is 1.77. The molecule has 140 valence electrons. The van der Waals surface area contributed by atoms with Crippen LogP contribution in [0.5, 0.6) is 5.75 Å². The fourth-order valence-corrected chi connectivity index (χ4v) is 3.22. The second-order valence-electron chi connectivity index (χ2n) is 6.33. The van der Waals surface area contributed by atoms with Gasteiger partial charge in [-0.3, -0.25) is 9.59 Å². The molecule has 0 bridgehead atoms. The van der Waals surface area contributed by atoms with Crippen LogP contribution in [-0.2, 0) is 16.1 Å². The number of nitrogens with one attached hydrogen (secondary N) is 1. The van der Waals surface area contributed by atoms with Crippen LogP contribution in [-0.4, -0.2) is 37.0 Å². The van der Waals surface area contributed by atoms with E-state index in [4.69, 9.17) is 4.74 Å². The maximum absolute atomic E-state index is 12.7. The van der Waals surface area contributed by atoms with Crippen LogP contribution in [0.4, 0.5) is 5.69 Å². The zero-order valence-electron chi connectivity index (χ0n) is 15.1. The summed E-state index contributed by atoms with van der Waals surface area (Å²) in [5, 5.41) is 12.1. The Labute approximate surface area is 156 Å². The average Bonchev–Trinajstić information content (AvgIpc) is 2.68. The molecule has 0 aromatic heterocycles. The van der Waals surface area contributed by atoms with Crippen LogP contribution in [0.2, 0.25) is 0 Å². The molecule has 0 radical (unpaired) electrons. The van der Waals surface area contributed by atoms with Crippen molar-refractivity contribution in [2.75, 3.05) is 19.1 Å². The number of fused-ring (bicyclic) bond motifs is 1. The monoisotopic (exact) mass is 368 g/mol. The van der Waals surface area contributed by atoms with E-state index in [0.717, 1.165) is 11.3 Å². The number of carboxylic acid groups (broad SMARTS) is 1. The first-order valence-electron chi connectivity index (χ1n) is 8.45. The zero-order valence-corrected chi connectivity index (χ0v) is 15.1. The van der Waals surface area contributed by atoms with Crippen LogP contribution < -0.4 is 15.0 Å². The summed E-state index contributed by atoms with van der Waals surface area (Å²) >= 11 is 0. The highest BCUT2D eigenvalue weighted by Gasteiger charge is 2.33. The van der Waals surface area contributed by atoms with Gasteiger partial charge in [0, 0.05) is 25.7 Å². The van der Waals surface area contributed by atoms with Gasteiger partial charge in [-0.2, -0.15) is 0 Å². The van der Waals surface area contributed by atoms with Crippen LogP contribution >= 0.6 is 0 Å². The lowest BCUT2D eigenvalue weighted by molar-refractivity contribution is -0.127. The number of benzene rings is 2. The highest BCUT2D eigenvalue weighted by Crippen LogP contribution is 2.35. The summed E-state index contributed by atoms with van der Waals surface area (Å²) < 4.78 is 5.03. The van der Waals surface area contributed by atoms with E-state index in [1.165, 1.54) is 13.2 Å². The Bertz CT molecular complexity index is 909. The molecule has 0 aliphatic carbocycles. The van der Waals surface area contributed by atoms with Gasteiger partial charge in [0.2, 0.25) is 11.8 Å². The van der Waals surface area contributed by atoms with E-state index in [1.807, 2.05) is 24.3 Å². The predicted molar refractivity (Wildman–Crippen MR) is 99.0 cm³/mol. The molecule has 2 N–H and O–H groups in total. The summed E-state index contributed by atoms with van der Waals surface area (Å²) in [5.74, 6) is -1.80. The summed E-state index contributed by atoms with van der Waals surface area (Å²) in [7, 11) is 3.10. The molecule has 0 unspecified atom stereocenters. The largest absolute Gasteiger partial charge is 0.496 e. The number of para-hydroxylation sites is 1. The van der Waals surface area contributed by atoms with Crippen LogP contribution in [0.3, 0.4) is 0 Å². The number of anilines is 1. The van der Waals surface area contributed by atoms with Crippen molar-refractivity contribution in [1.29, 1.82) is 0 Å². The molecule has 0 spiro atoms. The van der Waals surface area contributed by atoms with Crippen molar-refractivity contribution in [2.45, 2.75) is 18.9 Å². The molecular weight excluding hydrogens is 348 g/mol. The normalized spacial score (nSPS) is 15.9. The Morgan fingerprint density at radius 1 is 1.26 bits per heavy atom. The molecule has 0 fully saturated rings. The molecule has 1 atom stereocenters. The molecule has 1 aliphatic heterocycles. The van der Waals surface area contributed by atoms with Crippen molar-refractivity contribution in [3.8, 4) is 5.75 Å². The Hall–Kier alpha value is -3.35. The predicted octanol–water partition coefficient (Wildman–Crippen LogP) is 2.16. The van der Waals surface area contributed by atoms with E-state index in [-0.39, 0.29) is 36.1 Å². The van der Waals surface area contributed by atoms with Crippen molar-refractivity contribution >= 4 is 23.5 Å². The van der Waals surface area contributed by atoms with Gasteiger partial charge in [0.05, 0.1) is 13.0 Å². The van der Waals surface area contributed by atoms with E-state index in [0.29, 0.717) is 5.56 Å². The Morgan fingerprint density at radius 3 is 2.70 bits per heavy atom. The van der Waals surface area contributed by atoms with E-state index in [1.54, 1.807) is 24.1 Å². The minimum Gasteiger partial charge on any atom is -0.496 e.